The zero-order chi connectivity index (χ0) is 89.0. The number of thiophene rings is 1. The van der Waals surface area contributed by atoms with Gasteiger partial charge in [0.05, 0.1) is 123 Å². The lowest BCUT2D eigenvalue weighted by atomic mass is 9.58. The van der Waals surface area contributed by atoms with Crippen molar-refractivity contribution in [2.75, 3.05) is 0 Å². The Morgan fingerprint density at radius 3 is 1.08 bits per heavy atom. The number of hydrogen-bond donors (Lipinski definition) is 4. The Hall–Kier alpha value is -9.88. The van der Waals surface area contributed by atoms with Crippen LogP contribution in [0.15, 0.2) is 249 Å². The maximum atomic E-state index is 13.4. The molecule has 0 spiro atoms. The minimum atomic E-state index is -3.78. The van der Waals surface area contributed by atoms with E-state index in [0.717, 1.165) is 135 Å². The molecule has 6 aromatic heterocycles. The number of sulfone groups is 2. The van der Waals surface area contributed by atoms with Gasteiger partial charge < -0.3 is 20.4 Å². The standard InChI is InChI=1S/2C26H22BrFN2O3S.C25H22FN3OS.C23H22ClFN2OS/c2*1-26-13-15-14-29-30(18-9-7-17(28)8-10-18)21(15)12-16(26)6-11-20(26)24(31)25-23(27)19-4-2-3-5-22(19)34(25,32)33;1-25-13-15-14-27-29(18-9-7-17(26)8-10-18)21(15)12-16(25)6-11-19(25)23(30)24-28-20-4-2-3-5-22(20)31-24;1-23-12-14-13-26-27(17-7-5-16(25)6-8-17)19(14)11-15(23)3-2-4-18(23)22(28)20-9-10-21(24)29-20/h2*2-5,7-10,12,14,20,24,31H,6,11,13H2,1H3;2-5,7-10,12,14,19,23,30H,6,11,13H2,1H3;5-11,13,18,22,28H,2-4,12H2,1H3/t20-,24+,26+;20-,24-,26+;19-,23+,25+;18-,22-,23+/m1111/s1. The van der Waals surface area contributed by atoms with Crippen molar-refractivity contribution in [2.24, 2.45) is 45.3 Å². The minimum Gasteiger partial charge on any atom is -0.387 e. The summed E-state index contributed by atoms with van der Waals surface area (Å²) in [6.07, 6.45) is 23.7. The van der Waals surface area contributed by atoms with Gasteiger partial charge in [0.15, 0.2) is 0 Å². The average molecular weight is 1940 g/mol. The number of nitrogens with zero attached hydrogens (tertiary/aromatic N) is 9. The number of para-hydroxylation sites is 1. The van der Waals surface area contributed by atoms with Gasteiger partial charge in [0.2, 0.25) is 19.7 Å². The zero-order valence-electron chi connectivity index (χ0n) is 70.0. The fourth-order valence-corrected chi connectivity index (χ4v) is 30.6. The van der Waals surface area contributed by atoms with Gasteiger partial charge in [0.1, 0.15) is 34.4 Å². The normalized spacial score (nSPS) is 24.8. The number of aromatic nitrogens is 9. The van der Waals surface area contributed by atoms with Gasteiger partial charge in [0, 0.05) is 30.9 Å². The first-order valence-electron chi connectivity index (χ1n) is 42.9. The third kappa shape index (κ3) is 14.6. The van der Waals surface area contributed by atoms with E-state index in [0.29, 0.717) is 50.1 Å². The fraction of sp³-hybridized carbons (Fsp3) is 0.290. The summed E-state index contributed by atoms with van der Waals surface area (Å²) in [5, 5.41) is 64.7. The van der Waals surface area contributed by atoms with Crippen LogP contribution < -0.4 is 0 Å². The van der Waals surface area contributed by atoms with E-state index in [1.54, 1.807) is 108 Å². The Morgan fingerprint density at radius 1 is 0.406 bits per heavy atom. The maximum absolute atomic E-state index is 13.4. The molecule has 8 aliphatic carbocycles. The summed E-state index contributed by atoms with van der Waals surface area (Å²) >= 11 is 16.1. The summed E-state index contributed by atoms with van der Waals surface area (Å²) in [7, 11) is -7.55. The number of aliphatic hydroxyl groups excluding tert-OH is 4. The summed E-state index contributed by atoms with van der Waals surface area (Å²) in [6.45, 7) is 8.77. The molecule has 4 N–H and O–H groups in total. The molecular weight excluding hydrogens is 1850 g/mol. The van der Waals surface area contributed by atoms with Crippen LogP contribution in [0.2, 0.25) is 4.34 Å². The van der Waals surface area contributed by atoms with E-state index in [9.17, 15) is 54.8 Å². The highest BCUT2D eigenvalue weighted by molar-refractivity contribution is 9.15. The number of thiazole rings is 1. The van der Waals surface area contributed by atoms with E-state index >= 15 is 0 Å². The second-order valence-corrected chi connectivity index (χ2v) is 44.2. The lowest BCUT2D eigenvalue weighted by Gasteiger charge is -2.47. The van der Waals surface area contributed by atoms with Gasteiger partial charge in [-0.25, -0.2) is 58.1 Å². The van der Waals surface area contributed by atoms with E-state index < -0.39 is 54.9 Å². The lowest BCUT2D eigenvalue weighted by Crippen LogP contribution is -2.40. The third-order valence-corrected chi connectivity index (χ3v) is 37.6. The predicted molar refractivity (Wildman–Crippen MR) is 499 cm³/mol. The quantitative estimate of drug-likeness (QED) is 0.0835. The van der Waals surface area contributed by atoms with Crippen LogP contribution >= 0.6 is 66.1 Å². The molecule has 13 aromatic rings. The highest BCUT2D eigenvalue weighted by atomic mass is 79.9. The van der Waals surface area contributed by atoms with Crippen LogP contribution in [0, 0.1) is 68.6 Å². The van der Waals surface area contributed by atoms with Crippen molar-refractivity contribution in [3.63, 3.8) is 0 Å². The number of halogens is 7. The van der Waals surface area contributed by atoms with Gasteiger partial charge >= 0.3 is 0 Å². The largest absolute Gasteiger partial charge is 0.387 e. The van der Waals surface area contributed by atoms with Gasteiger partial charge in [-0.1, -0.05) is 110 Å². The molecule has 2 aliphatic heterocycles. The summed E-state index contributed by atoms with van der Waals surface area (Å²) < 4.78 is 117. The van der Waals surface area contributed by atoms with E-state index in [-0.39, 0.29) is 77.4 Å². The number of rotatable bonds is 12. The smallest absolute Gasteiger partial charge is 0.207 e. The van der Waals surface area contributed by atoms with Gasteiger partial charge in [-0.2, -0.15) is 20.4 Å². The molecule has 128 heavy (non-hydrogen) atoms. The molecule has 4 fully saturated rings. The lowest BCUT2D eigenvalue weighted by molar-refractivity contribution is 0.0240. The molecule has 23 rings (SSSR count). The SMILES string of the molecule is C[C@]12Cc3cnn(-c4ccc(F)cc4)c3C=C1CCC[C@@H]2[C@@H](O)c1ccc(Cl)s1.C[C@]12Cc3cnn(-c4ccc(F)cc4)c3C=C1CC[C@@H]2[C@@H](O)C1=C(Br)c2ccccc2S1(=O)=O.C[C@]12Cc3cnn(-c4ccc(F)cc4)c3C=C1CC[C@@H]2[C@H](O)C1=C(Br)c2ccccc2S1(=O)=O.C[C@]12Cc3cnn(-c4ccc(F)cc4)c3C=C1CC[C@@H]2[C@H](O)c1nc2ccccc2s1. The highest BCUT2D eigenvalue weighted by Gasteiger charge is 2.56. The molecule has 8 heterocycles. The Balaban J connectivity index is 0.000000107. The van der Waals surface area contributed by atoms with Gasteiger partial charge in [-0.3, -0.25) is 0 Å². The first kappa shape index (κ1) is 86.2. The number of hydrogen-bond acceptors (Lipinski definition) is 15. The summed E-state index contributed by atoms with van der Waals surface area (Å²) in [6, 6.07) is 50.8. The van der Waals surface area contributed by atoms with Crippen LogP contribution in [0.25, 0.3) is 66.2 Å². The van der Waals surface area contributed by atoms with E-state index in [1.165, 1.54) is 93.3 Å². The second-order valence-electron chi connectivity index (χ2n) is 36.1. The van der Waals surface area contributed by atoms with Crippen LogP contribution in [-0.4, -0.2) is 93.6 Å². The molecule has 12 atom stereocenters. The molecule has 0 bridgehead atoms. The highest BCUT2D eigenvalue weighted by Crippen LogP contribution is 2.62. The van der Waals surface area contributed by atoms with Crippen molar-refractivity contribution in [3.05, 3.63) is 333 Å². The molecule has 0 saturated heterocycles. The van der Waals surface area contributed by atoms with Crippen molar-refractivity contribution in [3.8, 4) is 22.7 Å². The van der Waals surface area contributed by atoms with Crippen molar-refractivity contribution in [1.82, 2.24) is 44.1 Å². The van der Waals surface area contributed by atoms with E-state index in [2.05, 4.69) is 110 Å². The topological polar surface area (TPSA) is 233 Å². The van der Waals surface area contributed by atoms with Crippen LogP contribution in [0.5, 0.6) is 0 Å². The molecule has 7 aromatic carbocycles. The Labute approximate surface area is 768 Å². The average Bonchev–Trinajstić information content (AvgIpc) is 1.61. The molecule has 654 valence electrons. The molecule has 17 nitrogen and oxygen atoms in total. The minimum absolute atomic E-state index is 0.0639. The molecule has 10 aliphatic rings. The van der Waals surface area contributed by atoms with Gasteiger partial charge in [0.25, 0.3) is 0 Å². The Bertz CT molecular complexity index is 6840. The first-order chi connectivity index (χ1) is 61.4. The molecule has 0 unspecified atom stereocenters. The Morgan fingerprint density at radius 2 is 0.734 bits per heavy atom. The number of aliphatic hydroxyl groups is 4. The van der Waals surface area contributed by atoms with E-state index in [1.807, 2.05) is 73.8 Å². The Kier molecular flexibility index (Phi) is 22.1. The van der Waals surface area contributed by atoms with Crippen LogP contribution in [0.4, 0.5) is 17.6 Å². The number of allylic oxidation sites excluding steroid dienone is 4. The van der Waals surface area contributed by atoms with Crippen LogP contribution in [-0.2, 0) is 45.4 Å². The first-order valence-corrected chi connectivity index (χ1v) is 49.4. The zero-order valence-corrected chi connectivity index (χ0v) is 77.2. The molecule has 0 radical (unpaired) electrons. The summed E-state index contributed by atoms with van der Waals surface area (Å²) in [5.41, 5.74) is 17.9. The van der Waals surface area contributed by atoms with Gasteiger partial charge in [-0.15, -0.1) is 22.7 Å². The molecule has 4 saturated carbocycles. The summed E-state index contributed by atoms with van der Waals surface area (Å²) in [4.78, 5) is 6.27. The number of benzene rings is 7. The fourth-order valence-electron chi connectivity index (χ4n) is 22.2. The molecule has 0 amide bonds. The monoisotopic (exact) mass is 1940 g/mol. The van der Waals surface area contributed by atoms with Crippen molar-refractivity contribution < 1.29 is 54.8 Å². The second kappa shape index (κ2) is 32.9. The van der Waals surface area contributed by atoms with Crippen molar-refractivity contribution in [1.29, 1.82) is 0 Å². The van der Waals surface area contributed by atoms with E-state index in [4.69, 9.17) is 16.6 Å². The molecule has 28 heteroatoms. The predicted octanol–water partition coefficient (Wildman–Crippen LogP) is 22.5. The molecular formula is C100H88Br2ClF4N9O8S4. The number of fused-ring (bicyclic) bond motifs is 11. The summed E-state index contributed by atoms with van der Waals surface area (Å²) in [5.74, 6) is -1.36. The van der Waals surface area contributed by atoms with Crippen molar-refractivity contribution >= 4 is 129 Å². The third-order valence-electron chi connectivity index (χ3n) is 29.0. The van der Waals surface area contributed by atoms with Crippen molar-refractivity contribution in [2.45, 2.75) is 145 Å². The van der Waals surface area contributed by atoms with Crippen LogP contribution in [0.3, 0.4) is 0 Å². The van der Waals surface area contributed by atoms with Crippen LogP contribution in [0.1, 0.15) is 164 Å². The van der Waals surface area contributed by atoms with Gasteiger partial charge in [-0.05, 0) is 335 Å². The maximum Gasteiger partial charge on any atom is 0.207 e.